The molecule has 1 aliphatic heterocycles. The third-order valence-corrected chi connectivity index (χ3v) is 5.05. The van der Waals surface area contributed by atoms with Crippen LogP contribution in [0, 0.1) is 0 Å². The minimum absolute atomic E-state index is 0.0136. The van der Waals surface area contributed by atoms with Gasteiger partial charge in [0.15, 0.2) is 0 Å². The SMILES string of the molecule is CCC(C(=O)N1CCN(Cc2cccc(OC)c2)C(=O)C1)c1ccccc1. The molecule has 0 N–H and O–H groups in total. The van der Waals surface area contributed by atoms with Crippen molar-refractivity contribution in [1.82, 2.24) is 9.80 Å². The molecule has 0 bridgehead atoms. The number of benzene rings is 2. The van der Waals surface area contributed by atoms with E-state index < -0.39 is 0 Å². The molecule has 1 unspecified atom stereocenters. The van der Waals surface area contributed by atoms with Crippen LogP contribution in [0.15, 0.2) is 54.6 Å². The molecule has 1 saturated heterocycles. The Kier molecular flexibility index (Phi) is 6.12. The Morgan fingerprint density at radius 3 is 2.56 bits per heavy atom. The first kappa shape index (κ1) is 19.0. The molecule has 0 spiro atoms. The van der Waals surface area contributed by atoms with Gasteiger partial charge in [-0.15, -0.1) is 0 Å². The first-order valence-electron chi connectivity index (χ1n) is 9.36. The zero-order valence-electron chi connectivity index (χ0n) is 15.9. The van der Waals surface area contributed by atoms with Gasteiger partial charge in [-0.05, 0) is 29.7 Å². The van der Waals surface area contributed by atoms with Gasteiger partial charge < -0.3 is 14.5 Å². The molecular weight excluding hydrogens is 340 g/mol. The maximum absolute atomic E-state index is 13.0. The zero-order chi connectivity index (χ0) is 19.2. The highest BCUT2D eigenvalue weighted by molar-refractivity contribution is 5.89. The number of methoxy groups -OCH3 is 1. The fraction of sp³-hybridized carbons (Fsp3) is 0.364. The summed E-state index contributed by atoms with van der Waals surface area (Å²) in [6.45, 7) is 3.81. The molecule has 2 amide bonds. The number of ether oxygens (including phenoxy) is 1. The van der Waals surface area contributed by atoms with Crippen LogP contribution in [0.2, 0.25) is 0 Å². The highest BCUT2D eigenvalue weighted by Gasteiger charge is 2.31. The van der Waals surface area contributed by atoms with Crippen LogP contribution in [0.25, 0.3) is 0 Å². The highest BCUT2D eigenvalue weighted by atomic mass is 16.5. The monoisotopic (exact) mass is 366 g/mol. The molecule has 2 aromatic rings. The summed E-state index contributed by atoms with van der Waals surface area (Å²) in [5.41, 5.74) is 2.04. The molecule has 27 heavy (non-hydrogen) atoms. The van der Waals surface area contributed by atoms with Crippen LogP contribution >= 0.6 is 0 Å². The van der Waals surface area contributed by atoms with E-state index in [2.05, 4.69) is 0 Å². The van der Waals surface area contributed by atoms with E-state index in [0.29, 0.717) is 19.6 Å². The lowest BCUT2D eigenvalue weighted by atomic mass is 9.94. The average Bonchev–Trinajstić information content (AvgIpc) is 2.71. The summed E-state index contributed by atoms with van der Waals surface area (Å²) in [5, 5.41) is 0. The summed E-state index contributed by atoms with van der Waals surface area (Å²) >= 11 is 0. The largest absolute Gasteiger partial charge is 0.497 e. The van der Waals surface area contributed by atoms with Crippen molar-refractivity contribution in [3.63, 3.8) is 0 Å². The van der Waals surface area contributed by atoms with Crippen LogP contribution < -0.4 is 4.74 Å². The van der Waals surface area contributed by atoms with E-state index in [4.69, 9.17) is 4.74 Å². The van der Waals surface area contributed by atoms with Gasteiger partial charge in [0, 0.05) is 19.6 Å². The standard InChI is InChI=1S/C22H26N2O3/c1-3-20(18-9-5-4-6-10-18)22(26)24-13-12-23(21(25)16-24)15-17-8-7-11-19(14-17)27-2/h4-11,14,20H,3,12-13,15-16H2,1-2H3. The zero-order valence-corrected chi connectivity index (χ0v) is 15.9. The number of amides is 2. The topological polar surface area (TPSA) is 49.9 Å². The second-order valence-corrected chi connectivity index (χ2v) is 6.80. The van der Waals surface area contributed by atoms with Gasteiger partial charge in [0.2, 0.25) is 11.8 Å². The van der Waals surface area contributed by atoms with Crippen molar-refractivity contribution in [2.45, 2.75) is 25.8 Å². The van der Waals surface area contributed by atoms with Crippen molar-refractivity contribution in [2.75, 3.05) is 26.7 Å². The summed E-state index contributed by atoms with van der Waals surface area (Å²) < 4.78 is 5.24. The first-order valence-corrected chi connectivity index (χ1v) is 9.36. The Morgan fingerprint density at radius 1 is 1.11 bits per heavy atom. The van der Waals surface area contributed by atoms with Crippen molar-refractivity contribution in [1.29, 1.82) is 0 Å². The van der Waals surface area contributed by atoms with Crippen molar-refractivity contribution >= 4 is 11.8 Å². The quantitative estimate of drug-likeness (QED) is 0.789. The number of carbonyl (C=O) groups is 2. The van der Waals surface area contributed by atoms with Crippen LogP contribution in [-0.2, 0) is 16.1 Å². The van der Waals surface area contributed by atoms with Gasteiger partial charge in [0.1, 0.15) is 5.75 Å². The minimum atomic E-state index is -0.191. The summed E-state index contributed by atoms with van der Waals surface area (Å²) in [7, 11) is 1.63. The number of carbonyl (C=O) groups excluding carboxylic acids is 2. The number of rotatable bonds is 6. The van der Waals surface area contributed by atoms with E-state index in [1.54, 1.807) is 12.0 Å². The number of hydrogen-bond acceptors (Lipinski definition) is 3. The molecule has 1 heterocycles. The molecule has 5 heteroatoms. The lowest BCUT2D eigenvalue weighted by molar-refractivity contribution is -0.146. The van der Waals surface area contributed by atoms with E-state index in [-0.39, 0.29) is 24.3 Å². The van der Waals surface area contributed by atoms with Gasteiger partial charge in [-0.3, -0.25) is 9.59 Å². The van der Waals surface area contributed by atoms with Gasteiger partial charge in [0.05, 0.1) is 19.6 Å². The van der Waals surface area contributed by atoms with E-state index in [0.717, 1.165) is 23.3 Å². The van der Waals surface area contributed by atoms with Crippen LogP contribution in [-0.4, -0.2) is 48.4 Å². The predicted molar refractivity (Wildman–Crippen MR) is 104 cm³/mol. The van der Waals surface area contributed by atoms with E-state index in [1.807, 2.05) is 66.4 Å². The third-order valence-electron chi connectivity index (χ3n) is 5.05. The molecule has 1 aliphatic rings. The van der Waals surface area contributed by atoms with Crippen molar-refractivity contribution in [3.05, 3.63) is 65.7 Å². The van der Waals surface area contributed by atoms with Crippen LogP contribution in [0.3, 0.4) is 0 Å². The van der Waals surface area contributed by atoms with Gasteiger partial charge in [-0.2, -0.15) is 0 Å². The van der Waals surface area contributed by atoms with E-state index in [1.165, 1.54) is 0 Å². The van der Waals surface area contributed by atoms with Crippen LogP contribution in [0.1, 0.15) is 30.4 Å². The van der Waals surface area contributed by atoms with Crippen molar-refractivity contribution in [2.24, 2.45) is 0 Å². The summed E-state index contributed by atoms with van der Waals surface area (Å²) in [5.74, 6) is 0.616. The van der Waals surface area contributed by atoms with Crippen molar-refractivity contribution < 1.29 is 14.3 Å². The number of piperazine rings is 1. The molecule has 5 nitrogen and oxygen atoms in total. The van der Waals surface area contributed by atoms with Crippen LogP contribution in [0.4, 0.5) is 0 Å². The maximum Gasteiger partial charge on any atom is 0.242 e. The Morgan fingerprint density at radius 2 is 1.89 bits per heavy atom. The fourth-order valence-electron chi connectivity index (χ4n) is 3.51. The van der Waals surface area contributed by atoms with E-state index in [9.17, 15) is 9.59 Å². The molecule has 0 saturated carbocycles. The number of hydrogen-bond donors (Lipinski definition) is 0. The molecule has 142 valence electrons. The number of nitrogens with zero attached hydrogens (tertiary/aromatic N) is 2. The average molecular weight is 366 g/mol. The predicted octanol–water partition coefficient (Wildman–Crippen LogP) is 3.06. The molecule has 0 radical (unpaired) electrons. The Balaban J connectivity index is 1.63. The van der Waals surface area contributed by atoms with Crippen LogP contribution in [0.5, 0.6) is 5.75 Å². The second-order valence-electron chi connectivity index (χ2n) is 6.80. The molecule has 1 fully saturated rings. The molecule has 0 aliphatic carbocycles. The highest BCUT2D eigenvalue weighted by Crippen LogP contribution is 2.23. The summed E-state index contributed by atoms with van der Waals surface area (Å²) in [6.07, 6.45) is 0.723. The fourth-order valence-corrected chi connectivity index (χ4v) is 3.51. The minimum Gasteiger partial charge on any atom is -0.497 e. The Labute approximate surface area is 160 Å². The Bertz CT molecular complexity index is 791. The Hall–Kier alpha value is -2.82. The molecule has 0 aromatic heterocycles. The van der Waals surface area contributed by atoms with Gasteiger partial charge in [-0.25, -0.2) is 0 Å². The smallest absolute Gasteiger partial charge is 0.242 e. The summed E-state index contributed by atoms with van der Waals surface area (Å²) in [6, 6.07) is 17.5. The molecule has 1 atom stereocenters. The van der Waals surface area contributed by atoms with Crippen molar-refractivity contribution in [3.8, 4) is 5.75 Å². The molecule has 3 rings (SSSR count). The second kappa shape index (κ2) is 8.71. The normalized spacial score (nSPS) is 15.6. The first-order chi connectivity index (χ1) is 13.1. The van der Waals surface area contributed by atoms with Gasteiger partial charge >= 0.3 is 0 Å². The third kappa shape index (κ3) is 4.48. The molecular formula is C22H26N2O3. The van der Waals surface area contributed by atoms with E-state index >= 15 is 0 Å². The summed E-state index contributed by atoms with van der Waals surface area (Å²) in [4.78, 5) is 29.1. The van der Waals surface area contributed by atoms with Gasteiger partial charge in [-0.1, -0.05) is 49.4 Å². The molecule has 2 aromatic carbocycles. The maximum atomic E-state index is 13.0. The lowest BCUT2D eigenvalue weighted by Crippen LogP contribution is -2.52. The van der Waals surface area contributed by atoms with Gasteiger partial charge in [0.25, 0.3) is 0 Å². The lowest BCUT2D eigenvalue weighted by Gasteiger charge is -2.36.